The number of methoxy groups -OCH3 is 2. The predicted octanol–water partition coefficient (Wildman–Crippen LogP) is 3.88. The van der Waals surface area contributed by atoms with Gasteiger partial charge in [0, 0.05) is 24.6 Å². The summed E-state index contributed by atoms with van der Waals surface area (Å²) in [6.07, 6.45) is 4.25. The van der Waals surface area contributed by atoms with E-state index in [9.17, 15) is 4.79 Å². The van der Waals surface area contributed by atoms with Crippen molar-refractivity contribution in [3.8, 4) is 22.9 Å². The van der Waals surface area contributed by atoms with E-state index in [4.69, 9.17) is 14.0 Å². The fraction of sp³-hybridized carbons (Fsp3) is 0.483. The topological polar surface area (TPSA) is 93.0 Å². The van der Waals surface area contributed by atoms with Gasteiger partial charge in [0.25, 0.3) is 0 Å². The number of carbonyl (C=O) groups excluding carboxylic acids is 1. The van der Waals surface area contributed by atoms with Crippen molar-refractivity contribution in [1.82, 2.24) is 25.3 Å². The van der Waals surface area contributed by atoms with E-state index >= 15 is 0 Å². The van der Waals surface area contributed by atoms with Gasteiger partial charge in [0.1, 0.15) is 0 Å². The van der Waals surface area contributed by atoms with Crippen molar-refractivity contribution in [2.45, 2.75) is 45.3 Å². The summed E-state index contributed by atoms with van der Waals surface area (Å²) < 4.78 is 16.2. The predicted molar refractivity (Wildman–Crippen MR) is 144 cm³/mol. The highest BCUT2D eigenvalue weighted by molar-refractivity contribution is 5.78. The van der Waals surface area contributed by atoms with Crippen LogP contribution in [0.25, 0.3) is 11.4 Å². The first-order valence-corrected chi connectivity index (χ1v) is 13.5. The number of carbonyl (C=O) groups is 1. The Kier molecular flexibility index (Phi) is 8.55. The molecule has 2 saturated heterocycles. The van der Waals surface area contributed by atoms with Crippen LogP contribution in [0.4, 0.5) is 0 Å². The molecule has 2 aromatic carbocycles. The molecular weight excluding hydrogens is 482 g/mol. The van der Waals surface area contributed by atoms with Crippen molar-refractivity contribution in [3.05, 3.63) is 59.5 Å². The first-order chi connectivity index (χ1) is 18.6. The minimum atomic E-state index is 0.0331. The number of aromatic nitrogens is 2. The normalized spacial score (nSPS) is 17.0. The van der Waals surface area contributed by atoms with Gasteiger partial charge < -0.3 is 19.3 Å². The van der Waals surface area contributed by atoms with Crippen LogP contribution >= 0.6 is 0 Å². The molecule has 9 nitrogen and oxygen atoms in total. The SMILES string of the molecule is COc1ccc(-c2noc(CN3CCC(C(=O)NCc4ccc(CN5CCCC5)cc4)CC3)n2)cc1OC. The first-order valence-electron chi connectivity index (χ1n) is 13.5. The second-order valence-corrected chi connectivity index (χ2v) is 10.1. The lowest BCUT2D eigenvalue weighted by atomic mass is 9.96. The average molecular weight is 520 g/mol. The van der Waals surface area contributed by atoms with Crippen molar-refractivity contribution >= 4 is 5.91 Å². The van der Waals surface area contributed by atoms with Gasteiger partial charge in [0.05, 0.1) is 20.8 Å². The number of nitrogens with zero attached hydrogens (tertiary/aromatic N) is 4. The number of likely N-dealkylation sites (tertiary alicyclic amines) is 2. The van der Waals surface area contributed by atoms with Crippen molar-refractivity contribution < 1.29 is 18.8 Å². The molecule has 1 aromatic heterocycles. The molecule has 0 unspecified atom stereocenters. The van der Waals surface area contributed by atoms with Gasteiger partial charge in [-0.1, -0.05) is 29.4 Å². The summed E-state index contributed by atoms with van der Waals surface area (Å²) in [4.78, 5) is 22.1. The molecule has 1 amide bonds. The Hall–Kier alpha value is -3.43. The Morgan fingerprint density at radius 1 is 0.921 bits per heavy atom. The van der Waals surface area contributed by atoms with Crippen molar-refractivity contribution in [2.24, 2.45) is 5.92 Å². The largest absolute Gasteiger partial charge is 0.493 e. The van der Waals surface area contributed by atoms with Crippen LogP contribution in [0, 0.1) is 5.92 Å². The van der Waals surface area contributed by atoms with Crippen LogP contribution in [-0.2, 0) is 24.4 Å². The van der Waals surface area contributed by atoms with E-state index in [1.165, 1.54) is 31.5 Å². The molecule has 0 aliphatic carbocycles. The maximum absolute atomic E-state index is 12.8. The summed E-state index contributed by atoms with van der Waals surface area (Å²) in [7, 11) is 3.20. The summed E-state index contributed by atoms with van der Waals surface area (Å²) >= 11 is 0. The van der Waals surface area contributed by atoms with E-state index < -0.39 is 0 Å². The second kappa shape index (κ2) is 12.4. The van der Waals surface area contributed by atoms with E-state index in [1.807, 2.05) is 18.2 Å². The molecule has 202 valence electrons. The number of ether oxygens (including phenoxy) is 2. The summed E-state index contributed by atoms with van der Waals surface area (Å²) in [6.45, 7) is 6.20. The Bertz CT molecular complexity index is 1200. The molecule has 9 heteroatoms. The summed E-state index contributed by atoms with van der Waals surface area (Å²) in [5, 5.41) is 7.27. The number of rotatable bonds is 10. The number of piperidine rings is 1. The van der Waals surface area contributed by atoms with Crippen LogP contribution in [0.5, 0.6) is 11.5 Å². The molecule has 2 aliphatic heterocycles. The molecule has 0 radical (unpaired) electrons. The first kappa shape index (κ1) is 26.2. The van der Waals surface area contributed by atoms with Crippen LogP contribution in [-0.4, -0.2) is 66.2 Å². The number of benzene rings is 2. The third-order valence-electron chi connectivity index (χ3n) is 7.52. The molecule has 3 aromatic rings. The Balaban J connectivity index is 1.06. The molecule has 0 bridgehead atoms. The standard InChI is InChI=1S/C29H37N5O4/c1-36-25-10-9-24(17-26(25)37-2)28-31-27(38-32-28)20-34-15-11-23(12-16-34)29(35)30-18-21-5-7-22(8-6-21)19-33-13-3-4-14-33/h5-10,17,23H,3-4,11-16,18-20H2,1-2H3,(H,30,35). The van der Waals surface area contributed by atoms with Crippen LogP contribution in [0.3, 0.4) is 0 Å². The average Bonchev–Trinajstić information content (AvgIpc) is 3.65. The minimum absolute atomic E-state index is 0.0331. The molecule has 0 atom stereocenters. The van der Waals surface area contributed by atoms with Crippen molar-refractivity contribution in [3.63, 3.8) is 0 Å². The van der Waals surface area contributed by atoms with Gasteiger partial charge in [-0.05, 0) is 81.2 Å². The number of nitrogens with one attached hydrogen (secondary N) is 1. The molecule has 0 saturated carbocycles. The highest BCUT2D eigenvalue weighted by Gasteiger charge is 2.26. The molecule has 0 spiro atoms. The van der Waals surface area contributed by atoms with E-state index in [1.54, 1.807) is 14.2 Å². The van der Waals surface area contributed by atoms with Crippen LogP contribution in [0.15, 0.2) is 47.0 Å². The third-order valence-corrected chi connectivity index (χ3v) is 7.52. The van der Waals surface area contributed by atoms with E-state index in [2.05, 4.69) is 49.5 Å². The lowest BCUT2D eigenvalue weighted by Crippen LogP contribution is -2.40. The van der Waals surface area contributed by atoms with E-state index in [0.717, 1.165) is 43.6 Å². The monoisotopic (exact) mass is 519 g/mol. The minimum Gasteiger partial charge on any atom is -0.493 e. The zero-order valence-electron chi connectivity index (χ0n) is 22.3. The fourth-order valence-electron chi connectivity index (χ4n) is 5.25. The Morgan fingerprint density at radius 3 is 2.32 bits per heavy atom. The molecule has 5 rings (SSSR count). The molecular formula is C29H37N5O4. The highest BCUT2D eigenvalue weighted by atomic mass is 16.5. The Labute approximate surface area is 224 Å². The molecule has 2 aliphatic rings. The van der Waals surface area contributed by atoms with Gasteiger partial charge in [0.2, 0.25) is 17.6 Å². The second-order valence-electron chi connectivity index (χ2n) is 10.1. The van der Waals surface area contributed by atoms with Gasteiger partial charge >= 0.3 is 0 Å². The van der Waals surface area contributed by atoms with Gasteiger partial charge in [0.15, 0.2) is 11.5 Å². The zero-order valence-corrected chi connectivity index (χ0v) is 22.3. The molecule has 38 heavy (non-hydrogen) atoms. The molecule has 1 N–H and O–H groups in total. The fourth-order valence-corrected chi connectivity index (χ4v) is 5.25. The van der Waals surface area contributed by atoms with Gasteiger partial charge in [-0.2, -0.15) is 4.98 Å². The zero-order chi connectivity index (χ0) is 26.3. The highest BCUT2D eigenvalue weighted by Crippen LogP contribution is 2.31. The molecule has 3 heterocycles. The van der Waals surface area contributed by atoms with E-state index in [-0.39, 0.29) is 11.8 Å². The Morgan fingerprint density at radius 2 is 1.61 bits per heavy atom. The van der Waals surface area contributed by atoms with Crippen molar-refractivity contribution in [2.75, 3.05) is 40.4 Å². The number of hydrogen-bond acceptors (Lipinski definition) is 8. The van der Waals surface area contributed by atoms with Crippen LogP contribution in [0.2, 0.25) is 0 Å². The van der Waals surface area contributed by atoms with Gasteiger partial charge in [-0.3, -0.25) is 14.6 Å². The summed E-state index contributed by atoms with van der Waals surface area (Å²) in [5.74, 6) is 2.51. The third kappa shape index (κ3) is 6.52. The maximum Gasteiger partial charge on any atom is 0.241 e. The lowest BCUT2D eigenvalue weighted by molar-refractivity contribution is -0.126. The smallest absolute Gasteiger partial charge is 0.241 e. The van der Waals surface area contributed by atoms with Crippen LogP contribution < -0.4 is 14.8 Å². The lowest BCUT2D eigenvalue weighted by Gasteiger charge is -2.30. The summed E-state index contributed by atoms with van der Waals surface area (Å²) in [5.41, 5.74) is 3.28. The maximum atomic E-state index is 12.8. The van der Waals surface area contributed by atoms with Gasteiger partial charge in [-0.15, -0.1) is 0 Å². The molecule has 2 fully saturated rings. The van der Waals surface area contributed by atoms with E-state index in [0.29, 0.717) is 36.3 Å². The van der Waals surface area contributed by atoms with Gasteiger partial charge in [-0.25, -0.2) is 0 Å². The number of amides is 1. The van der Waals surface area contributed by atoms with Crippen molar-refractivity contribution in [1.29, 1.82) is 0 Å². The van der Waals surface area contributed by atoms with Crippen LogP contribution in [0.1, 0.15) is 42.7 Å². The quantitative estimate of drug-likeness (QED) is 0.432. The summed E-state index contributed by atoms with van der Waals surface area (Å²) in [6, 6.07) is 14.2. The number of hydrogen-bond donors (Lipinski definition) is 1.